The molecule has 1 aliphatic heterocycles. The molecule has 122 valence electrons. The monoisotopic (exact) mass is 325 g/mol. The van der Waals surface area contributed by atoms with Crippen molar-refractivity contribution >= 4 is 17.8 Å². The maximum absolute atomic E-state index is 12.1. The van der Waals surface area contributed by atoms with Crippen LogP contribution in [0.2, 0.25) is 0 Å². The highest BCUT2D eigenvalue weighted by Crippen LogP contribution is 2.23. The van der Waals surface area contributed by atoms with Gasteiger partial charge < -0.3 is 9.57 Å². The van der Waals surface area contributed by atoms with E-state index < -0.39 is 23.9 Å². The second-order valence-corrected chi connectivity index (χ2v) is 5.43. The van der Waals surface area contributed by atoms with E-state index in [4.69, 9.17) is 9.57 Å². The quantitative estimate of drug-likeness (QED) is 0.808. The van der Waals surface area contributed by atoms with Crippen molar-refractivity contribution in [2.24, 2.45) is 0 Å². The van der Waals surface area contributed by atoms with Gasteiger partial charge in [0.1, 0.15) is 5.75 Å². The fraction of sp³-hybridized carbons (Fsp3) is 0.167. The van der Waals surface area contributed by atoms with Crippen LogP contribution in [-0.4, -0.2) is 29.0 Å². The Morgan fingerprint density at radius 1 is 0.958 bits per heavy atom. The zero-order valence-corrected chi connectivity index (χ0v) is 13.2. The minimum atomic E-state index is -0.975. The Hall–Kier alpha value is -3.15. The number of ether oxygens (including phenoxy) is 1. The first-order valence-corrected chi connectivity index (χ1v) is 7.40. The van der Waals surface area contributed by atoms with Crippen LogP contribution in [0.3, 0.4) is 0 Å². The lowest BCUT2D eigenvalue weighted by molar-refractivity contribution is -0.176. The van der Waals surface area contributed by atoms with Crippen LogP contribution in [0.5, 0.6) is 5.75 Å². The molecule has 0 saturated carbocycles. The maximum atomic E-state index is 12.1. The molecule has 0 bridgehead atoms. The number of carbonyl (C=O) groups is 3. The van der Waals surface area contributed by atoms with E-state index in [1.807, 2.05) is 19.1 Å². The van der Waals surface area contributed by atoms with Crippen molar-refractivity contribution in [2.75, 3.05) is 0 Å². The first-order chi connectivity index (χ1) is 11.5. The number of carbonyl (C=O) groups excluding carboxylic acids is 3. The fourth-order valence-corrected chi connectivity index (χ4v) is 2.28. The molecular formula is C18H15NO5. The van der Waals surface area contributed by atoms with Gasteiger partial charge in [-0.1, -0.05) is 34.9 Å². The lowest BCUT2D eigenvalue weighted by Crippen LogP contribution is -2.37. The number of hydrogen-bond donors (Lipinski definition) is 0. The van der Waals surface area contributed by atoms with Gasteiger partial charge in [-0.3, -0.25) is 9.59 Å². The van der Waals surface area contributed by atoms with Gasteiger partial charge in [0.15, 0.2) is 6.10 Å². The van der Waals surface area contributed by atoms with Crippen LogP contribution in [0, 0.1) is 6.92 Å². The SMILES string of the molecule is Cc1ccc(OC(C)C(=O)ON2C(=O)c3ccccc3C2=O)cc1. The van der Waals surface area contributed by atoms with E-state index in [0.29, 0.717) is 10.8 Å². The van der Waals surface area contributed by atoms with Gasteiger partial charge in [0, 0.05) is 0 Å². The zero-order chi connectivity index (χ0) is 17.3. The largest absolute Gasteiger partial charge is 0.479 e. The molecule has 1 aliphatic rings. The Morgan fingerprint density at radius 2 is 1.50 bits per heavy atom. The van der Waals surface area contributed by atoms with Crippen LogP contribution in [0.4, 0.5) is 0 Å². The van der Waals surface area contributed by atoms with Crippen LogP contribution in [0.1, 0.15) is 33.2 Å². The van der Waals surface area contributed by atoms with E-state index >= 15 is 0 Å². The number of hydrogen-bond acceptors (Lipinski definition) is 5. The number of imide groups is 1. The number of fused-ring (bicyclic) bond motifs is 1. The van der Waals surface area contributed by atoms with Crippen LogP contribution in [-0.2, 0) is 9.63 Å². The topological polar surface area (TPSA) is 72.9 Å². The molecule has 3 rings (SSSR count). The second-order valence-electron chi connectivity index (χ2n) is 5.43. The minimum absolute atomic E-state index is 0.211. The molecule has 24 heavy (non-hydrogen) atoms. The molecule has 0 N–H and O–H groups in total. The van der Waals surface area contributed by atoms with Gasteiger partial charge in [0.25, 0.3) is 11.8 Å². The van der Waals surface area contributed by atoms with Crippen molar-refractivity contribution in [1.82, 2.24) is 5.06 Å². The van der Waals surface area contributed by atoms with Crippen molar-refractivity contribution < 1.29 is 24.0 Å². The van der Waals surface area contributed by atoms with E-state index in [-0.39, 0.29) is 11.1 Å². The average Bonchev–Trinajstić information content (AvgIpc) is 2.82. The number of nitrogens with zero attached hydrogens (tertiary/aromatic N) is 1. The van der Waals surface area contributed by atoms with E-state index in [1.165, 1.54) is 19.1 Å². The summed E-state index contributed by atoms with van der Waals surface area (Å²) in [6.45, 7) is 3.42. The molecule has 6 heteroatoms. The summed E-state index contributed by atoms with van der Waals surface area (Å²) in [5.41, 5.74) is 1.48. The summed E-state index contributed by atoms with van der Waals surface area (Å²) in [6, 6.07) is 13.4. The van der Waals surface area contributed by atoms with Gasteiger partial charge in [-0.25, -0.2) is 4.79 Å². The predicted octanol–water partition coefficient (Wildman–Crippen LogP) is 2.52. The third-order valence-corrected chi connectivity index (χ3v) is 3.60. The Labute approximate surface area is 138 Å². The summed E-state index contributed by atoms with van der Waals surface area (Å²) in [4.78, 5) is 41.4. The van der Waals surface area contributed by atoms with E-state index in [2.05, 4.69) is 0 Å². The highest BCUT2D eigenvalue weighted by Gasteiger charge is 2.39. The molecule has 2 aromatic carbocycles. The van der Waals surface area contributed by atoms with E-state index in [1.54, 1.807) is 24.3 Å². The first-order valence-electron chi connectivity index (χ1n) is 7.40. The number of benzene rings is 2. The smallest absolute Gasteiger partial charge is 0.373 e. The molecule has 0 aliphatic carbocycles. The summed E-state index contributed by atoms with van der Waals surface area (Å²) in [7, 11) is 0. The second kappa shape index (κ2) is 6.16. The zero-order valence-electron chi connectivity index (χ0n) is 13.2. The Balaban J connectivity index is 1.68. The number of amides is 2. The van der Waals surface area contributed by atoms with Crippen LogP contribution < -0.4 is 4.74 Å². The molecule has 0 saturated heterocycles. The molecule has 2 amide bonds. The number of rotatable bonds is 4. The molecule has 2 aromatic rings. The molecule has 0 radical (unpaired) electrons. The molecule has 1 atom stereocenters. The molecular weight excluding hydrogens is 310 g/mol. The fourth-order valence-electron chi connectivity index (χ4n) is 2.28. The summed E-state index contributed by atoms with van der Waals surface area (Å²) in [5, 5.41) is 0.474. The molecule has 1 unspecified atom stereocenters. The van der Waals surface area contributed by atoms with Gasteiger partial charge in [-0.15, -0.1) is 0 Å². The van der Waals surface area contributed by atoms with Crippen molar-refractivity contribution in [3.8, 4) is 5.75 Å². The first kappa shape index (κ1) is 15.7. The minimum Gasteiger partial charge on any atom is -0.479 e. The van der Waals surface area contributed by atoms with Crippen molar-refractivity contribution in [3.05, 3.63) is 65.2 Å². The van der Waals surface area contributed by atoms with Crippen molar-refractivity contribution in [1.29, 1.82) is 0 Å². The van der Waals surface area contributed by atoms with Crippen molar-refractivity contribution in [3.63, 3.8) is 0 Å². The van der Waals surface area contributed by atoms with Gasteiger partial charge in [0.2, 0.25) is 0 Å². The van der Waals surface area contributed by atoms with Gasteiger partial charge >= 0.3 is 5.97 Å². The van der Waals surface area contributed by atoms with Crippen LogP contribution in [0.15, 0.2) is 48.5 Å². The molecule has 0 aromatic heterocycles. The number of hydroxylamine groups is 2. The molecule has 0 spiro atoms. The highest BCUT2D eigenvalue weighted by atomic mass is 16.7. The predicted molar refractivity (Wildman–Crippen MR) is 84.3 cm³/mol. The average molecular weight is 325 g/mol. The molecule has 1 heterocycles. The third-order valence-electron chi connectivity index (χ3n) is 3.60. The van der Waals surface area contributed by atoms with Gasteiger partial charge in [-0.05, 0) is 38.1 Å². The maximum Gasteiger partial charge on any atom is 0.373 e. The molecule has 6 nitrogen and oxygen atoms in total. The normalized spacial score (nSPS) is 14.3. The molecule has 0 fully saturated rings. The summed E-state index contributed by atoms with van der Waals surface area (Å²) in [6.07, 6.45) is -0.975. The summed E-state index contributed by atoms with van der Waals surface area (Å²) < 4.78 is 5.47. The van der Waals surface area contributed by atoms with Crippen LogP contribution >= 0.6 is 0 Å². The van der Waals surface area contributed by atoms with Gasteiger partial charge in [-0.2, -0.15) is 0 Å². The Kier molecular flexibility index (Phi) is 4.04. The summed E-state index contributed by atoms with van der Waals surface area (Å²) >= 11 is 0. The van der Waals surface area contributed by atoms with E-state index in [9.17, 15) is 14.4 Å². The Bertz CT molecular complexity index is 777. The van der Waals surface area contributed by atoms with E-state index in [0.717, 1.165) is 5.56 Å². The third kappa shape index (κ3) is 2.86. The summed E-state index contributed by atoms with van der Waals surface area (Å²) in [5.74, 6) is -1.66. The standard InChI is InChI=1S/C18H15NO5/c1-11-7-9-13(10-8-11)23-12(2)18(22)24-19-16(20)14-5-3-4-6-15(14)17(19)21/h3-10,12H,1-2H3. The lowest BCUT2D eigenvalue weighted by atomic mass is 10.1. The number of aryl methyl sites for hydroxylation is 1. The van der Waals surface area contributed by atoms with Crippen LogP contribution in [0.25, 0.3) is 0 Å². The lowest BCUT2D eigenvalue weighted by Gasteiger charge is -2.17. The highest BCUT2D eigenvalue weighted by molar-refractivity contribution is 6.20. The van der Waals surface area contributed by atoms with Gasteiger partial charge in [0.05, 0.1) is 11.1 Å². The Morgan fingerprint density at radius 3 is 2.04 bits per heavy atom. The van der Waals surface area contributed by atoms with Crippen molar-refractivity contribution in [2.45, 2.75) is 20.0 Å².